The first kappa shape index (κ1) is 10.5. The van der Waals surface area contributed by atoms with E-state index in [4.69, 9.17) is 5.11 Å². The molecule has 14 heavy (non-hydrogen) atoms. The smallest absolute Gasteiger partial charge is 0.328 e. The minimum atomic E-state index is -0.910. The largest absolute Gasteiger partial charge is 0.478 e. The highest BCUT2D eigenvalue weighted by atomic mass is 16.4. The predicted octanol–water partition coefficient (Wildman–Crippen LogP) is 2.66. The summed E-state index contributed by atoms with van der Waals surface area (Å²) in [4.78, 5) is 10.4. The zero-order valence-electron chi connectivity index (χ0n) is 8.45. The SMILES string of the molecule is CCc1cc(C)ccc1C=CC(=O)O. The van der Waals surface area contributed by atoms with Crippen LogP contribution in [0.3, 0.4) is 0 Å². The average Bonchev–Trinajstić information content (AvgIpc) is 2.15. The maximum Gasteiger partial charge on any atom is 0.328 e. The lowest BCUT2D eigenvalue weighted by Crippen LogP contribution is -1.90. The molecule has 0 spiro atoms. The van der Waals surface area contributed by atoms with Crippen LogP contribution in [-0.2, 0) is 11.2 Å². The molecule has 0 aliphatic rings. The van der Waals surface area contributed by atoms with Crippen LogP contribution in [-0.4, -0.2) is 11.1 Å². The topological polar surface area (TPSA) is 37.3 Å². The summed E-state index contributed by atoms with van der Waals surface area (Å²) in [5.74, 6) is -0.910. The molecule has 0 heterocycles. The number of carbonyl (C=O) groups is 1. The fourth-order valence-corrected chi connectivity index (χ4v) is 1.36. The summed E-state index contributed by atoms with van der Waals surface area (Å²) < 4.78 is 0. The zero-order chi connectivity index (χ0) is 10.6. The highest BCUT2D eigenvalue weighted by molar-refractivity contribution is 5.85. The van der Waals surface area contributed by atoms with Crippen LogP contribution in [0.5, 0.6) is 0 Å². The van der Waals surface area contributed by atoms with E-state index in [1.165, 1.54) is 17.2 Å². The molecule has 0 fully saturated rings. The second kappa shape index (κ2) is 4.61. The molecular formula is C12H14O2. The second-order valence-electron chi connectivity index (χ2n) is 3.23. The molecule has 0 saturated carbocycles. The molecule has 2 nitrogen and oxygen atoms in total. The van der Waals surface area contributed by atoms with Crippen LogP contribution >= 0.6 is 0 Å². The molecule has 1 rings (SSSR count). The van der Waals surface area contributed by atoms with Gasteiger partial charge >= 0.3 is 5.97 Å². The van der Waals surface area contributed by atoms with E-state index in [2.05, 4.69) is 13.0 Å². The molecule has 0 aliphatic heterocycles. The van der Waals surface area contributed by atoms with Gasteiger partial charge in [0, 0.05) is 6.08 Å². The Morgan fingerprint density at radius 2 is 2.21 bits per heavy atom. The Morgan fingerprint density at radius 3 is 2.79 bits per heavy atom. The van der Waals surface area contributed by atoms with Crippen LogP contribution < -0.4 is 0 Å². The fraction of sp³-hybridized carbons (Fsp3) is 0.250. The Labute approximate surface area is 83.9 Å². The molecule has 0 amide bonds. The molecule has 2 heteroatoms. The van der Waals surface area contributed by atoms with Gasteiger partial charge in [-0.3, -0.25) is 0 Å². The lowest BCUT2D eigenvalue weighted by molar-refractivity contribution is -0.131. The van der Waals surface area contributed by atoms with Crippen LogP contribution in [0.25, 0.3) is 6.08 Å². The summed E-state index contributed by atoms with van der Waals surface area (Å²) in [6, 6.07) is 6.02. The standard InChI is InChI=1S/C12H14O2/c1-3-10-8-9(2)4-5-11(10)6-7-12(13)14/h4-8H,3H2,1-2H3,(H,13,14). The predicted molar refractivity (Wildman–Crippen MR) is 57.2 cm³/mol. The van der Waals surface area contributed by atoms with Gasteiger partial charge in [-0.1, -0.05) is 30.7 Å². The summed E-state index contributed by atoms with van der Waals surface area (Å²) >= 11 is 0. The van der Waals surface area contributed by atoms with E-state index in [-0.39, 0.29) is 0 Å². The van der Waals surface area contributed by atoms with Gasteiger partial charge in [-0.15, -0.1) is 0 Å². The molecule has 0 aromatic heterocycles. The number of rotatable bonds is 3. The summed E-state index contributed by atoms with van der Waals surface area (Å²) in [6.45, 7) is 4.09. The average molecular weight is 190 g/mol. The first-order chi connectivity index (χ1) is 6.63. The van der Waals surface area contributed by atoms with Crippen molar-refractivity contribution < 1.29 is 9.90 Å². The Morgan fingerprint density at radius 1 is 1.50 bits per heavy atom. The zero-order valence-corrected chi connectivity index (χ0v) is 8.45. The van der Waals surface area contributed by atoms with Crippen molar-refractivity contribution >= 4 is 12.0 Å². The monoisotopic (exact) mass is 190 g/mol. The van der Waals surface area contributed by atoms with Crippen molar-refractivity contribution in [1.82, 2.24) is 0 Å². The van der Waals surface area contributed by atoms with Crippen molar-refractivity contribution in [3.8, 4) is 0 Å². The van der Waals surface area contributed by atoms with Crippen molar-refractivity contribution in [2.45, 2.75) is 20.3 Å². The van der Waals surface area contributed by atoms with Crippen LogP contribution in [0.15, 0.2) is 24.3 Å². The molecule has 0 bridgehead atoms. The molecule has 0 atom stereocenters. The number of carboxylic acid groups (broad SMARTS) is 1. The van der Waals surface area contributed by atoms with Crippen molar-refractivity contribution in [2.24, 2.45) is 0 Å². The summed E-state index contributed by atoms with van der Waals surface area (Å²) in [5.41, 5.74) is 3.37. The number of hydrogen-bond donors (Lipinski definition) is 1. The molecule has 0 unspecified atom stereocenters. The molecule has 1 aromatic rings. The maximum atomic E-state index is 10.4. The van der Waals surface area contributed by atoms with E-state index in [1.54, 1.807) is 6.08 Å². The number of hydrogen-bond acceptors (Lipinski definition) is 1. The Hall–Kier alpha value is -1.57. The highest BCUT2D eigenvalue weighted by Crippen LogP contribution is 2.13. The van der Waals surface area contributed by atoms with Gasteiger partial charge < -0.3 is 5.11 Å². The van der Waals surface area contributed by atoms with E-state index in [0.29, 0.717) is 0 Å². The molecule has 1 N–H and O–H groups in total. The van der Waals surface area contributed by atoms with Gasteiger partial charge in [0.1, 0.15) is 0 Å². The van der Waals surface area contributed by atoms with Gasteiger partial charge in [-0.05, 0) is 30.5 Å². The fourth-order valence-electron chi connectivity index (χ4n) is 1.36. The number of aryl methyl sites for hydroxylation is 2. The molecule has 74 valence electrons. The first-order valence-corrected chi connectivity index (χ1v) is 4.64. The Kier molecular flexibility index (Phi) is 3.46. The van der Waals surface area contributed by atoms with Crippen LogP contribution in [0.2, 0.25) is 0 Å². The van der Waals surface area contributed by atoms with Gasteiger partial charge in [0.25, 0.3) is 0 Å². The Bertz CT molecular complexity index is 365. The van der Waals surface area contributed by atoms with E-state index in [0.717, 1.165) is 12.0 Å². The normalized spacial score (nSPS) is 10.7. The second-order valence-corrected chi connectivity index (χ2v) is 3.23. The van der Waals surface area contributed by atoms with Gasteiger partial charge in [0.15, 0.2) is 0 Å². The third-order valence-corrected chi connectivity index (χ3v) is 2.08. The third kappa shape index (κ3) is 2.73. The Balaban J connectivity index is 3.02. The highest BCUT2D eigenvalue weighted by Gasteiger charge is 1.97. The summed E-state index contributed by atoms with van der Waals surface area (Å²) in [7, 11) is 0. The molecule has 1 aromatic carbocycles. The van der Waals surface area contributed by atoms with E-state index >= 15 is 0 Å². The molecule has 0 saturated heterocycles. The summed E-state index contributed by atoms with van der Waals surface area (Å²) in [6.07, 6.45) is 3.73. The molecule has 0 aliphatic carbocycles. The van der Waals surface area contributed by atoms with Crippen LogP contribution in [0, 0.1) is 6.92 Å². The number of benzene rings is 1. The minimum absolute atomic E-state index is 0.910. The van der Waals surface area contributed by atoms with Gasteiger partial charge in [0.05, 0.1) is 0 Å². The van der Waals surface area contributed by atoms with Crippen molar-refractivity contribution in [3.05, 3.63) is 41.0 Å². The van der Waals surface area contributed by atoms with Crippen molar-refractivity contribution in [1.29, 1.82) is 0 Å². The third-order valence-electron chi connectivity index (χ3n) is 2.08. The number of aliphatic carboxylic acids is 1. The molecular weight excluding hydrogens is 176 g/mol. The van der Waals surface area contributed by atoms with E-state index < -0.39 is 5.97 Å². The quantitative estimate of drug-likeness (QED) is 0.744. The first-order valence-electron chi connectivity index (χ1n) is 4.64. The summed E-state index contributed by atoms with van der Waals surface area (Å²) in [5, 5.41) is 8.51. The van der Waals surface area contributed by atoms with E-state index in [1.807, 2.05) is 19.1 Å². The van der Waals surface area contributed by atoms with Crippen LogP contribution in [0.1, 0.15) is 23.6 Å². The van der Waals surface area contributed by atoms with Crippen molar-refractivity contribution in [2.75, 3.05) is 0 Å². The lowest BCUT2D eigenvalue weighted by Gasteiger charge is -2.03. The maximum absolute atomic E-state index is 10.4. The van der Waals surface area contributed by atoms with Gasteiger partial charge in [-0.25, -0.2) is 4.79 Å². The van der Waals surface area contributed by atoms with Gasteiger partial charge in [0.2, 0.25) is 0 Å². The van der Waals surface area contributed by atoms with Crippen molar-refractivity contribution in [3.63, 3.8) is 0 Å². The van der Waals surface area contributed by atoms with E-state index in [9.17, 15) is 4.79 Å². The van der Waals surface area contributed by atoms with Gasteiger partial charge in [-0.2, -0.15) is 0 Å². The lowest BCUT2D eigenvalue weighted by atomic mass is 10.0. The minimum Gasteiger partial charge on any atom is -0.478 e. The number of carboxylic acids is 1. The van der Waals surface area contributed by atoms with Crippen LogP contribution in [0.4, 0.5) is 0 Å². The molecule has 0 radical (unpaired) electrons.